The second-order valence-electron chi connectivity index (χ2n) is 7.60. The number of hydrogen-bond donors (Lipinski definition) is 1. The molecule has 6 rings (SSSR count). The molecule has 5 heterocycles. The summed E-state index contributed by atoms with van der Waals surface area (Å²) in [6.45, 7) is 1.78. The monoisotopic (exact) mass is 446 g/mol. The first-order valence-electron chi connectivity index (χ1n) is 10.1. The summed E-state index contributed by atoms with van der Waals surface area (Å²) in [6.07, 6.45) is 6.81. The van der Waals surface area contributed by atoms with E-state index in [1.807, 2.05) is 18.3 Å². The molecule has 1 amide bonds. The zero-order chi connectivity index (χ0) is 21.7. The predicted molar refractivity (Wildman–Crippen MR) is 120 cm³/mol. The summed E-state index contributed by atoms with van der Waals surface area (Å²) < 4.78 is 10.6. The minimum atomic E-state index is -0.129. The van der Waals surface area contributed by atoms with Crippen LogP contribution in [0.2, 0.25) is 0 Å². The van der Waals surface area contributed by atoms with Crippen molar-refractivity contribution in [1.82, 2.24) is 19.9 Å². The highest BCUT2D eigenvalue weighted by molar-refractivity contribution is 7.19. The Bertz CT molecular complexity index is 1380. The molecule has 0 fully saturated rings. The molecule has 0 saturated carbocycles. The molecule has 3 aromatic heterocycles. The number of carbonyl (C=O) groups excluding carboxylic acids is 1. The lowest BCUT2D eigenvalue weighted by Gasteiger charge is -2.26. The molecule has 32 heavy (non-hydrogen) atoms. The number of anilines is 2. The highest BCUT2D eigenvalue weighted by Crippen LogP contribution is 2.40. The van der Waals surface area contributed by atoms with Gasteiger partial charge in [-0.2, -0.15) is 0 Å². The van der Waals surface area contributed by atoms with Gasteiger partial charge in [0.25, 0.3) is 5.91 Å². The van der Waals surface area contributed by atoms with Gasteiger partial charge in [0, 0.05) is 17.6 Å². The number of amides is 1. The van der Waals surface area contributed by atoms with Crippen molar-refractivity contribution in [2.24, 2.45) is 4.99 Å². The third-order valence-corrected chi connectivity index (χ3v) is 6.91. The van der Waals surface area contributed by atoms with E-state index in [1.54, 1.807) is 29.7 Å². The standard InChI is InChI=1S/C22H18N6O3S/c1-30-17-5-13-7-23-6-12(13)4-15(17)27-20-19-14-2-3-28(22(29)16-9-31-11-26-16)8-18(14)32-21(19)25-10-24-20/h4-6,9-11H,2-3,7-8H2,1H3,(H,24,25,27). The number of ether oxygens (including phenoxy) is 1. The number of carbonyl (C=O) groups is 1. The highest BCUT2D eigenvalue weighted by Gasteiger charge is 2.28. The van der Waals surface area contributed by atoms with Crippen LogP contribution in [0.1, 0.15) is 32.1 Å². The molecule has 0 radical (unpaired) electrons. The third-order valence-electron chi connectivity index (χ3n) is 5.78. The number of hydrogen-bond acceptors (Lipinski definition) is 9. The number of oxazole rings is 1. The van der Waals surface area contributed by atoms with Gasteiger partial charge in [-0.25, -0.2) is 15.0 Å². The molecule has 0 spiro atoms. The number of thiophene rings is 1. The summed E-state index contributed by atoms with van der Waals surface area (Å²) in [5.41, 5.74) is 4.55. The number of aliphatic imine (C=N–C) groups is 1. The average molecular weight is 446 g/mol. The zero-order valence-corrected chi connectivity index (χ0v) is 18.0. The van der Waals surface area contributed by atoms with Crippen LogP contribution in [0.25, 0.3) is 10.2 Å². The Morgan fingerprint density at radius 2 is 2.22 bits per heavy atom. The fraction of sp³-hybridized carbons (Fsp3) is 0.227. The Morgan fingerprint density at radius 3 is 3.06 bits per heavy atom. The van der Waals surface area contributed by atoms with Gasteiger partial charge in [0.1, 0.15) is 29.0 Å². The molecule has 2 aliphatic rings. The molecule has 0 bridgehead atoms. The largest absolute Gasteiger partial charge is 0.495 e. The van der Waals surface area contributed by atoms with Gasteiger partial charge in [-0.3, -0.25) is 9.79 Å². The predicted octanol–water partition coefficient (Wildman–Crippen LogP) is 3.56. The van der Waals surface area contributed by atoms with Crippen LogP contribution in [0.4, 0.5) is 11.5 Å². The van der Waals surface area contributed by atoms with Gasteiger partial charge in [-0.05, 0) is 35.2 Å². The maximum absolute atomic E-state index is 12.7. The Balaban J connectivity index is 1.36. The van der Waals surface area contributed by atoms with Crippen LogP contribution < -0.4 is 10.1 Å². The number of nitrogens with one attached hydrogen (secondary N) is 1. The quantitative estimate of drug-likeness (QED) is 0.511. The molecule has 10 heteroatoms. The summed E-state index contributed by atoms with van der Waals surface area (Å²) in [5, 5.41) is 4.45. The van der Waals surface area contributed by atoms with Crippen LogP contribution in [0.3, 0.4) is 0 Å². The molecule has 1 N–H and O–H groups in total. The molecule has 9 nitrogen and oxygen atoms in total. The van der Waals surface area contributed by atoms with E-state index in [0.717, 1.165) is 49.9 Å². The second-order valence-corrected chi connectivity index (χ2v) is 8.69. The number of nitrogens with zero attached hydrogens (tertiary/aromatic N) is 5. The van der Waals surface area contributed by atoms with Crippen LogP contribution in [0.5, 0.6) is 5.75 Å². The molecular formula is C22H18N6O3S. The molecule has 0 saturated heterocycles. The fourth-order valence-corrected chi connectivity index (χ4v) is 5.41. The Morgan fingerprint density at radius 1 is 1.28 bits per heavy atom. The highest BCUT2D eigenvalue weighted by atomic mass is 32.1. The molecular weight excluding hydrogens is 428 g/mol. The third kappa shape index (κ3) is 3.02. The maximum Gasteiger partial charge on any atom is 0.276 e. The normalized spacial score (nSPS) is 14.5. The van der Waals surface area contributed by atoms with Crippen LogP contribution in [0, 0.1) is 0 Å². The van der Waals surface area contributed by atoms with E-state index in [-0.39, 0.29) is 5.91 Å². The molecule has 0 unspecified atom stereocenters. The van der Waals surface area contributed by atoms with Crippen molar-refractivity contribution in [3.05, 3.63) is 58.4 Å². The van der Waals surface area contributed by atoms with Crippen molar-refractivity contribution in [3.63, 3.8) is 0 Å². The van der Waals surface area contributed by atoms with Crippen molar-refractivity contribution in [3.8, 4) is 5.75 Å². The van der Waals surface area contributed by atoms with E-state index < -0.39 is 0 Å². The van der Waals surface area contributed by atoms with E-state index in [4.69, 9.17) is 9.15 Å². The summed E-state index contributed by atoms with van der Waals surface area (Å²) in [7, 11) is 1.66. The van der Waals surface area contributed by atoms with Crippen LogP contribution in [0.15, 0.2) is 40.5 Å². The minimum Gasteiger partial charge on any atom is -0.495 e. The van der Waals surface area contributed by atoms with Gasteiger partial charge in [0.15, 0.2) is 12.1 Å². The molecule has 4 aromatic rings. The molecule has 0 atom stereocenters. The lowest BCUT2D eigenvalue weighted by atomic mass is 10.0. The van der Waals surface area contributed by atoms with Gasteiger partial charge in [-0.15, -0.1) is 11.3 Å². The van der Waals surface area contributed by atoms with Crippen molar-refractivity contribution in [1.29, 1.82) is 0 Å². The second kappa shape index (κ2) is 7.41. The summed E-state index contributed by atoms with van der Waals surface area (Å²) in [6, 6.07) is 4.05. The molecule has 160 valence electrons. The van der Waals surface area contributed by atoms with Crippen molar-refractivity contribution >= 4 is 45.2 Å². The summed E-state index contributed by atoms with van der Waals surface area (Å²) in [4.78, 5) is 33.9. The van der Waals surface area contributed by atoms with E-state index >= 15 is 0 Å². The van der Waals surface area contributed by atoms with Crippen molar-refractivity contribution in [2.45, 2.75) is 19.5 Å². The summed E-state index contributed by atoms with van der Waals surface area (Å²) in [5.74, 6) is 1.35. The lowest BCUT2D eigenvalue weighted by Crippen LogP contribution is -2.35. The number of rotatable bonds is 4. The van der Waals surface area contributed by atoms with Crippen LogP contribution in [-0.2, 0) is 19.5 Å². The first-order valence-corrected chi connectivity index (χ1v) is 10.9. The number of fused-ring (bicyclic) bond motifs is 4. The van der Waals surface area contributed by atoms with Gasteiger partial charge in [-0.1, -0.05) is 0 Å². The van der Waals surface area contributed by atoms with Gasteiger partial charge < -0.3 is 19.4 Å². The topological polar surface area (TPSA) is 106 Å². The van der Waals surface area contributed by atoms with Crippen molar-refractivity contribution < 1.29 is 13.9 Å². The smallest absolute Gasteiger partial charge is 0.276 e. The van der Waals surface area contributed by atoms with Gasteiger partial charge >= 0.3 is 0 Å². The number of aromatic nitrogens is 3. The minimum absolute atomic E-state index is 0.129. The van der Waals surface area contributed by atoms with Crippen molar-refractivity contribution in [2.75, 3.05) is 19.0 Å². The number of methoxy groups -OCH3 is 1. The first-order chi connectivity index (χ1) is 15.7. The van der Waals surface area contributed by atoms with E-state index in [0.29, 0.717) is 25.3 Å². The Hall–Kier alpha value is -3.79. The Labute approximate surface area is 186 Å². The SMILES string of the molecule is COc1cc2c(cc1Nc1ncnc3sc4c(c13)CCN(C(=O)c1cocn1)C4)C=NC2. The average Bonchev–Trinajstić information content (AvgIpc) is 3.56. The maximum atomic E-state index is 12.7. The van der Waals surface area contributed by atoms with Crippen LogP contribution in [-0.4, -0.2) is 45.6 Å². The van der Waals surface area contributed by atoms with E-state index in [2.05, 4.69) is 25.3 Å². The molecule has 0 aliphatic carbocycles. The molecule has 2 aliphatic heterocycles. The van der Waals surface area contributed by atoms with Crippen LogP contribution >= 0.6 is 11.3 Å². The van der Waals surface area contributed by atoms with E-state index in [9.17, 15) is 4.79 Å². The molecule has 1 aromatic carbocycles. The zero-order valence-electron chi connectivity index (χ0n) is 17.2. The first kappa shape index (κ1) is 18.9. The summed E-state index contributed by atoms with van der Waals surface area (Å²) >= 11 is 1.59. The lowest BCUT2D eigenvalue weighted by molar-refractivity contribution is 0.0731. The number of benzene rings is 1. The fourth-order valence-electron chi connectivity index (χ4n) is 4.21. The van der Waals surface area contributed by atoms with E-state index in [1.165, 1.54) is 18.2 Å². The van der Waals surface area contributed by atoms with Gasteiger partial charge in [0.2, 0.25) is 0 Å². The Kier molecular flexibility index (Phi) is 4.39. The van der Waals surface area contributed by atoms with Gasteiger partial charge in [0.05, 0.1) is 31.3 Å².